The second-order valence-electron chi connectivity index (χ2n) is 6.44. The van der Waals surface area contributed by atoms with E-state index < -0.39 is 0 Å². The Morgan fingerprint density at radius 2 is 1.71 bits per heavy atom. The molecule has 0 aromatic heterocycles. The predicted octanol–water partition coefficient (Wildman–Crippen LogP) is 4.23. The van der Waals surface area contributed by atoms with Crippen molar-refractivity contribution in [2.24, 2.45) is 5.92 Å². The number of benzene rings is 2. The van der Waals surface area contributed by atoms with Crippen molar-refractivity contribution in [1.29, 1.82) is 0 Å². The van der Waals surface area contributed by atoms with Gasteiger partial charge in [0.05, 0.1) is 17.3 Å². The van der Waals surface area contributed by atoms with Gasteiger partial charge in [0.25, 0.3) is 0 Å². The number of amides is 1. The van der Waals surface area contributed by atoms with Crippen LogP contribution in [0.25, 0.3) is 0 Å². The van der Waals surface area contributed by atoms with Crippen LogP contribution in [0.5, 0.6) is 0 Å². The molecule has 2 aromatic rings. The highest BCUT2D eigenvalue weighted by molar-refractivity contribution is 6.33. The molecule has 3 nitrogen and oxygen atoms in total. The molecule has 2 aromatic carbocycles. The third-order valence-corrected chi connectivity index (χ3v) is 4.92. The molecule has 0 spiro atoms. The van der Waals surface area contributed by atoms with E-state index in [-0.39, 0.29) is 5.91 Å². The molecule has 1 heterocycles. The van der Waals surface area contributed by atoms with Crippen molar-refractivity contribution in [1.82, 2.24) is 4.90 Å². The van der Waals surface area contributed by atoms with Gasteiger partial charge in [-0.2, -0.15) is 0 Å². The maximum absolute atomic E-state index is 12.2. The molecule has 24 heavy (non-hydrogen) atoms. The van der Waals surface area contributed by atoms with E-state index in [9.17, 15) is 4.79 Å². The van der Waals surface area contributed by atoms with Crippen molar-refractivity contribution in [2.45, 2.75) is 19.3 Å². The molecule has 1 aliphatic rings. The van der Waals surface area contributed by atoms with Gasteiger partial charge in [0.15, 0.2) is 0 Å². The number of para-hydroxylation sites is 1. The third-order valence-electron chi connectivity index (χ3n) is 4.59. The van der Waals surface area contributed by atoms with Gasteiger partial charge in [0, 0.05) is 0 Å². The van der Waals surface area contributed by atoms with Gasteiger partial charge < -0.3 is 5.32 Å². The Morgan fingerprint density at radius 3 is 2.42 bits per heavy atom. The van der Waals surface area contributed by atoms with Crippen LogP contribution < -0.4 is 5.32 Å². The Labute approximate surface area is 148 Å². The first kappa shape index (κ1) is 17.0. The molecule has 0 aliphatic carbocycles. The first-order valence-electron chi connectivity index (χ1n) is 8.51. The van der Waals surface area contributed by atoms with Gasteiger partial charge in [-0.15, -0.1) is 0 Å². The number of nitrogens with zero attached hydrogens (tertiary/aromatic N) is 1. The van der Waals surface area contributed by atoms with Gasteiger partial charge >= 0.3 is 0 Å². The minimum absolute atomic E-state index is 0.00427. The number of anilines is 1. The van der Waals surface area contributed by atoms with E-state index in [0.717, 1.165) is 38.3 Å². The largest absolute Gasteiger partial charge is 0.324 e. The second kappa shape index (κ2) is 8.32. The fraction of sp³-hybridized carbons (Fsp3) is 0.350. The van der Waals surface area contributed by atoms with Crippen LogP contribution in [0.2, 0.25) is 5.02 Å². The Hall–Kier alpha value is -1.84. The van der Waals surface area contributed by atoms with Crippen molar-refractivity contribution >= 4 is 23.2 Å². The van der Waals surface area contributed by atoms with Gasteiger partial charge in [0.2, 0.25) is 5.91 Å². The summed E-state index contributed by atoms with van der Waals surface area (Å²) >= 11 is 6.08. The zero-order valence-electron chi connectivity index (χ0n) is 13.7. The first-order chi connectivity index (χ1) is 11.7. The second-order valence-corrected chi connectivity index (χ2v) is 6.84. The average Bonchev–Trinajstić information content (AvgIpc) is 2.60. The fourth-order valence-electron chi connectivity index (χ4n) is 3.25. The van der Waals surface area contributed by atoms with Crippen LogP contribution in [0.3, 0.4) is 0 Å². The number of piperidine rings is 1. The first-order valence-corrected chi connectivity index (χ1v) is 8.89. The van der Waals surface area contributed by atoms with E-state index in [4.69, 9.17) is 11.6 Å². The summed E-state index contributed by atoms with van der Waals surface area (Å²) in [6, 6.07) is 18.0. The Kier molecular flexibility index (Phi) is 5.89. The lowest BCUT2D eigenvalue weighted by molar-refractivity contribution is -0.117. The summed E-state index contributed by atoms with van der Waals surface area (Å²) < 4.78 is 0. The van der Waals surface area contributed by atoms with E-state index >= 15 is 0 Å². The monoisotopic (exact) mass is 342 g/mol. The molecule has 1 amide bonds. The summed E-state index contributed by atoms with van der Waals surface area (Å²) in [6.07, 6.45) is 3.43. The lowest BCUT2D eigenvalue weighted by Gasteiger charge is -2.31. The van der Waals surface area contributed by atoms with Gasteiger partial charge in [-0.05, 0) is 56.0 Å². The molecular weight excluding hydrogens is 320 g/mol. The molecule has 0 bridgehead atoms. The van der Waals surface area contributed by atoms with Gasteiger partial charge in [-0.3, -0.25) is 9.69 Å². The van der Waals surface area contributed by atoms with Crippen molar-refractivity contribution in [2.75, 3.05) is 25.0 Å². The number of rotatable bonds is 5. The van der Waals surface area contributed by atoms with Crippen LogP contribution in [-0.2, 0) is 11.2 Å². The van der Waals surface area contributed by atoms with E-state index in [1.54, 1.807) is 6.07 Å². The average molecular weight is 343 g/mol. The number of nitrogens with one attached hydrogen (secondary N) is 1. The van der Waals surface area contributed by atoms with E-state index in [1.807, 2.05) is 18.2 Å². The van der Waals surface area contributed by atoms with Crippen molar-refractivity contribution in [3.05, 3.63) is 65.2 Å². The highest BCUT2D eigenvalue weighted by Gasteiger charge is 2.21. The van der Waals surface area contributed by atoms with Crippen LogP contribution in [0.15, 0.2) is 54.6 Å². The van der Waals surface area contributed by atoms with Crippen LogP contribution in [-0.4, -0.2) is 30.4 Å². The highest BCUT2D eigenvalue weighted by Crippen LogP contribution is 2.23. The van der Waals surface area contributed by atoms with E-state index in [0.29, 0.717) is 17.3 Å². The molecule has 126 valence electrons. The molecule has 1 fully saturated rings. The summed E-state index contributed by atoms with van der Waals surface area (Å²) in [5.74, 6) is 0.722. The van der Waals surface area contributed by atoms with Crippen LogP contribution in [0, 0.1) is 5.92 Å². The molecule has 3 rings (SSSR count). The van der Waals surface area contributed by atoms with Crippen LogP contribution in [0.4, 0.5) is 5.69 Å². The number of hydrogen-bond acceptors (Lipinski definition) is 2. The molecule has 0 atom stereocenters. The summed E-state index contributed by atoms with van der Waals surface area (Å²) in [5, 5.41) is 3.47. The Balaban J connectivity index is 1.43. The minimum Gasteiger partial charge on any atom is -0.324 e. The molecule has 0 saturated carbocycles. The predicted molar refractivity (Wildman–Crippen MR) is 99.4 cm³/mol. The number of carbonyl (C=O) groups is 1. The normalized spacial score (nSPS) is 16.0. The quantitative estimate of drug-likeness (QED) is 0.881. The molecule has 1 saturated heterocycles. The van der Waals surface area contributed by atoms with Crippen molar-refractivity contribution in [3.8, 4) is 0 Å². The zero-order chi connectivity index (χ0) is 16.8. The molecule has 1 N–H and O–H groups in total. The third kappa shape index (κ3) is 4.83. The smallest absolute Gasteiger partial charge is 0.238 e. The van der Waals surface area contributed by atoms with Crippen LogP contribution in [0.1, 0.15) is 18.4 Å². The molecular formula is C20H23ClN2O. The molecule has 0 unspecified atom stereocenters. The number of hydrogen-bond donors (Lipinski definition) is 1. The standard InChI is InChI=1S/C20H23ClN2O/c21-18-8-4-5-9-19(18)22-20(24)15-23-12-10-17(11-13-23)14-16-6-2-1-3-7-16/h1-9,17H,10-15H2,(H,22,24). The SMILES string of the molecule is O=C(CN1CCC(Cc2ccccc2)CC1)Nc1ccccc1Cl. The summed E-state index contributed by atoms with van der Waals surface area (Å²) in [4.78, 5) is 14.4. The van der Waals surface area contributed by atoms with Gasteiger partial charge in [0.1, 0.15) is 0 Å². The number of halogens is 1. The summed E-state index contributed by atoms with van der Waals surface area (Å²) in [6.45, 7) is 2.39. The lowest BCUT2D eigenvalue weighted by Crippen LogP contribution is -2.39. The molecule has 4 heteroatoms. The van der Waals surface area contributed by atoms with E-state index in [2.05, 4.69) is 40.5 Å². The summed E-state index contributed by atoms with van der Waals surface area (Å²) in [7, 11) is 0. The Morgan fingerprint density at radius 1 is 1.04 bits per heavy atom. The molecule has 1 aliphatic heterocycles. The van der Waals surface area contributed by atoms with Crippen LogP contribution >= 0.6 is 11.6 Å². The fourth-order valence-corrected chi connectivity index (χ4v) is 3.43. The number of likely N-dealkylation sites (tertiary alicyclic amines) is 1. The number of carbonyl (C=O) groups excluding carboxylic acids is 1. The van der Waals surface area contributed by atoms with Crippen molar-refractivity contribution < 1.29 is 4.79 Å². The zero-order valence-corrected chi connectivity index (χ0v) is 14.5. The lowest BCUT2D eigenvalue weighted by atomic mass is 9.90. The maximum atomic E-state index is 12.2. The van der Waals surface area contributed by atoms with E-state index in [1.165, 1.54) is 5.56 Å². The maximum Gasteiger partial charge on any atom is 0.238 e. The highest BCUT2D eigenvalue weighted by atomic mass is 35.5. The summed E-state index contributed by atoms with van der Waals surface area (Å²) in [5.41, 5.74) is 2.09. The van der Waals surface area contributed by atoms with Gasteiger partial charge in [-0.25, -0.2) is 0 Å². The minimum atomic E-state index is 0.00427. The molecule has 0 radical (unpaired) electrons. The van der Waals surface area contributed by atoms with Gasteiger partial charge in [-0.1, -0.05) is 54.1 Å². The topological polar surface area (TPSA) is 32.3 Å². The van der Waals surface area contributed by atoms with Crippen molar-refractivity contribution in [3.63, 3.8) is 0 Å². The Bertz CT molecular complexity index is 666.